The lowest BCUT2D eigenvalue weighted by Crippen LogP contribution is -2.14. The van der Waals surface area contributed by atoms with E-state index in [-0.39, 0.29) is 12.3 Å². The number of hydrogen-bond acceptors (Lipinski definition) is 7. The summed E-state index contributed by atoms with van der Waals surface area (Å²) in [4.78, 5) is 20.6. The molecule has 0 saturated heterocycles. The van der Waals surface area contributed by atoms with Crippen molar-refractivity contribution in [1.82, 2.24) is 20.2 Å². The largest absolute Gasteiger partial charge is 0.300 e. The normalized spacial score (nSPS) is 10.5. The van der Waals surface area contributed by atoms with Crippen LogP contribution in [0.15, 0.2) is 29.8 Å². The van der Waals surface area contributed by atoms with Crippen LogP contribution in [0.5, 0.6) is 0 Å². The molecule has 6 nitrogen and oxygen atoms in total. The Labute approximate surface area is 128 Å². The molecule has 3 rings (SSSR count). The van der Waals surface area contributed by atoms with Crippen LogP contribution in [-0.2, 0) is 11.2 Å². The van der Waals surface area contributed by atoms with Crippen LogP contribution in [0.3, 0.4) is 0 Å². The van der Waals surface area contributed by atoms with Gasteiger partial charge in [-0.2, -0.15) is 0 Å². The van der Waals surface area contributed by atoms with Crippen LogP contribution in [-0.4, -0.2) is 26.1 Å². The highest BCUT2D eigenvalue weighted by Gasteiger charge is 2.11. The van der Waals surface area contributed by atoms with E-state index >= 15 is 0 Å². The van der Waals surface area contributed by atoms with Gasteiger partial charge in [-0.3, -0.25) is 9.78 Å². The third kappa shape index (κ3) is 3.47. The molecule has 8 heteroatoms. The second-order valence-corrected chi connectivity index (χ2v) is 6.25. The third-order valence-corrected chi connectivity index (χ3v) is 4.22. The van der Waals surface area contributed by atoms with Gasteiger partial charge in [-0.1, -0.05) is 17.4 Å². The highest BCUT2D eigenvalue weighted by molar-refractivity contribution is 7.15. The molecule has 0 aliphatic rings. The van der Waals surface area contributed by atoms with Crippen molar-refractivity contribution in [2.75, 3.05) is 5.32 Å². The highest BCUT2D eigenvalue weighted by atomic mass is 32.1. The molecule has 0 fully saturated rings. The molecule has 1 N–H and O–H groups in total. The van der Waals surface area contributed by atoms with E-state index in [1.54, 1.807) is 6.20 Å². The van der Waals surface area contributed by atoms with Gasteiger partial charge in [0.25, 0.3) is 0 Å². The van der Waals surface area contributed by atoms with E-state index in [2.05, 4.69) is 25.5 Å². The number of aromatic nitrogens is 4. The highest BCUT2D eigenvalue weighted by Crippen LogP contribution is 2.22. The van der Waals surface area contributed by atoms with Crippen LogP contribution >= 0.6 is 22.7 Å². The smallest absolute Gasteiger partial charge is 0.232 e. The summed E-state index contributed by atoms with van der Waals surface area (Å²) in [5.74, 6) is -0.149. The standard InChI is InChI=1S/C13H11N5OS2/c1-8-17-18-13(21-8)16-11(19)6-9-7-20-12(15-9)10-4-2-3-5-14-10/h2-5,7H,6H2,1H3,(H,16,18,19). The van der Waals surface area contributed by atoms with Crippen molar-refractivity contribution in [3.8, 4) is 10.7 Å². The average molecular weight is 317 g/mol. The van der Waals surface area contributed by atoms with Gasteiger partial charge in [0.2, 0.25) is 11.0 Å². The van der Waals surface area contributed by atoms with Crippen molar-refractivity contribution in [2.24, 2.45) is 0 Å². The number of anilines is 1. The zero-order chi connectivity index (χ0) is 14.7. The molecule has 0 aliphatic heterocycles. The molecular weight excluding hydrogens is 306 g/mol. The van der Waals surface area contributed by atoms with Gasteiger partial charge in [0.1, 0.15) is 10.0 Å². The maximum absolute atomic E-state index is 11.9. The second-order valence-electron chi connectivity index (χ2n) is 4.21. The summed E-state index contributed by atoms with van der Waals surface area (Å²) in [6, 6.07) is 5.66. The number of amides is 1. The number of carbonyl (C=O) groups is 1. The van der Waals surface area contributed by atoms with Gasteiger partial charge in [-0.15, -0.1) is 21.5 Å². The van der Waals surface area contributed by atoms with Crippen molar-refractivity contribution in [1.29, 1.82) is 0 Å². The fourth-order valence-electron chi connectivity index (χ4n) is 1.67. The molecular formula is C13H11N5OS2. The summed E-state index contributed by atoms with van der Waals surface area (Å²) in [5.41, 5.74) is 1.54. The Morgan fingerprint density at radius 3 is 2.95 bits per heavy atom. The average Bonchev–Trinajstić information content (AvgIpc) is 3.09. The first-order valence-corrected chi connectivity index (χ1v) is 7.86. The van der Waals surface area contributed by atoms with E-state index < -0.39 is 0 Å². The Bertz CT molecular complexity index is 753. The molecule has 0 aliphatic carbocycles. The lowest BCUT2D eigenvalue weighted by Gasteiger charge is -1.98. The fraction of sp³-hybridized carbons (Fsp3) is 0.154. The van der Waals surface area contributed by atoms with Crippen LogP contribution in [0, 0.1) is 6.92 Å². The molecule has 0 unspecified atom stereocenters. The summed E-state index contributed by atoms with van der Waals surface area (Å²) in [6.45, 7) is 1.84. The van der Waals surface area contributed by atoms with Crippen LogP contribution in [0.1, 0.15) is 10.7 Å². The van der Waals surface area contributed by atoms with Crippen molar-refractivity contribution in [2.45, 2.75) is 13.3 Å². The van der Waals surface area contributed by atoms with Crippen molar-refractivity contribution in [3.63, 3.8) is 0 Å². The van der Waals surface area contributed by atoms with Crippen molar-refractivity contribution in [3.05, 3.63) is 40.5 Å². The van der Waals surface area contributed by atoms with E-state index in [1.807, 2.05) is 30.5 Å². The Balaban J connectivity index is 1.66. The zero-order valence-electron chi connectivity index (χ0n) is 11.1. The van der Waals surface area contributed by atoms with Gasteiger partial charge in [0.05, 0.1) is 17.8 Å². The lowest BCUT2D eigenvalue weighted by atomic mass is 10.3. The summed E-state index contributed by atoms with van der Waals surface area (Å²) in [6.07, 6.45) is 1.93. The molecule has 3 aromatic heterocycles. The molecule has 1 amide bonds. The molecule has 0 radical (unpaired) electrons. The molecule has 0 spiro atoms. The number of rotatable bonds is 4. The Kier molecular flexibility index (Phi) is 3.98. The van der Waals surface area contributed by atoms with E-state index in [0.717, 1.165) is 21.4 Å². The SMILES string of the molecule is Cc1nnc(NC(=O)Cc2csc(-c3ccccn3)n2)s1. The van der Waals surface area contributed by atoms with Crippen molar-refractivity contribution < 1.29 is 4.79 Å². The summed E-state index contributed by atoms with van der Waals surface area (Å²) in [5, 5.41) is 14.4. The van der Waals surface area contributed by atoms with E-state index in [1.165, 1.54) is 22.7 Å². The molecule has 3 heterocycles. The van der Waals surface area contributed by atoms with Crippen LogP contribution < -0.4 is 5.32 Å². The monoisotopic (exact) mass is 317 g/mol. The first-order chi connectivity index (χ1) is 10.2. The number of pyridine rings is 1. The fourth-order valence-corrected chi connectivity index (χ4v) is 3.07. The minimum absolute atomic E-state index is 0.149. The molecule has 106 valence electrons. The minimum Gasteiger partial charge on any atom is -0.300 e. The molecule has 21 heavy (non-hydrogen) atoms. The van der Waals surface area contributed by atoms with E-state index in [9.17, 15) is 4.79 Å². The number of aryl methyl sites for hydroxylation is 1. The molecule has 0 saturated carbocycles. The van der Waals surface area contributed by atoms with E-state index in [0.29, 0.717) is 5.13 Å². The van der Waals surface area contributed by atoms with Crippen LogP contribution in [0.25, 0.3) is 10.7 Å². The maximum atomic E-state index is 11.9. The van der Waals surface area contributed by atoms with Gasteiger partial charge in [-0.05, 0) is 19.1 Å². The quantitative estimate of drug-likeness (QED) is 0.800. The second kappa shape index (κ2) is 6.06. The first kappa shape index (κ1) is 13.8. The summed E-state index contributed by atoms with van der Waals surface area (Å²) >= 11 is 2.82. The van der Waals surface area contributed by atoms with Gasteiger partial charge < -0.3 is 5.32 Å². The zero-order valence-corrected chi connectivity index (χ0v) is 12.7. The Hall–Kier alpha value is -2.19. The molecule has 0 aromatic carbocycles. The van der Waals surface area contributed by atoms with Gasteiger partial charge in [0.15, 0.2) is 0 Å². The van der Waals surface area contributed by atoms with Crippen molar-refractivity contribution >= 4 is 33.7 Å². The topological polar surface area (TPSA) is 80.7 Å². The number of thiazole rings is 1. The van der Waals surface area contributed by atoms with Gasteiger partial charge >= 0.3 is 0 Å². The Morgan fingerprint density at radius 2 is 2.24 bits per heavy atom. The molecule has 0 atom stereocenters. The lowest BCUT2D eigenvalue weighted by molar-refractivity contribution is -0.115. The predicted molar refractivity (Wildman–Crippen MR) is 82.3 cm³/mol. The third-order valence-electron chi connectivity index (χ3n) is 2.55. The number of carbonyl (C=O) groups excluding carboxylic acids is 1. The minimum atomic E-state index is -0.149. The maximum Gasteiger partial charge on any atom is 0.232 e. The van der Waals surface area contributed by atoms with Gasteiger partial charge in [-0.25, -0.2) is 4.98 Å². The number of hydrogen-bond donors (Lipinski definition) is 1. The van der Waals surface area contributed by atoms with E-state index in [4.69, 9.17) is 0 Å². The van der Waals surface area contributed by atoms with Crippen LogP contribution in [0.4, 0.5) is 5.13 Å². The molecule has 0 bridgehead atoms. The first-order valence-electron chi connectivity index (χ1n) is 6.16. The summed E-state index contributed by atoms with van der Waals surface area (Å²) in [7, 11) is 0. The number of nitrogens with one attached hydrogen (secondary N) is 1. The summed E-state index contributed by atoms with van der Waals surface area (Å²) < 4.78 is 0. The Morgan fingerprint density at radius 1 is 1.33 bits per heavy atom. The van der Waals surface area contributed by atoms with Gasteiger partial charge in [0, 0.05) is 11.6 Å². The van der Waals surface area contributed by atoms with Crippen LogP contribution in [0.2, 0.25) is 0 Å². The molecule has 3 aromatic rings. The predicted octanol–water partition coefficient (Wildman–Crippen LogP) is 2.55. The number of nitrogens with zero attached hydrogens (tertiary/aromatic N) is 4.